The van der Waals surface area contributed by atoms with E-state index in [1.165, 1.54) is 12.1 Å². The molecule has 4 rings (SSSR count). The molecule has 2 heterocycles. The molecule has 0 atom stereocenters. The molecule has 4 aromatic rings. The lowest BCUT2D eigenvalue weighted by Gasteiger charge is -2.15. The van der Waals surface area contributed by atoms with Crippen molar-refractivity contribution in [1.82, 2.24) is 9.97 Å². The van der Waals surface area contributed by atoms with E-state index in [0.29, 0.717) is 16.8 Å². The first-order chi connectivity index (χ1) is 14.2. The van der Waals surface area contributed by atoms with Crippen LogP contribution in [0.1, 0.15) is 16.7 Å². The van der Waals surface area contributed by atoms with Gasteiger partial charge in [-0.15, -0.1) is 0 Å². The zero-order valence-corrected chi connectivity index (χ0v) is 17.3. The second-order valence-electron chi connectivity index (χ2n) is 7.17. The topological polar surface area (TPSA) is 125 Å². The lowest BCUT2D eigenvalue weighted by molar-refractivity contribution is 0.568. The van der Waals surface area contributed by atoms with Crippen LogP contribution in [0.5, 0.6) is 0 Å². The smallest absolute Gasteiger partial charge is 0.314 e. The van der Waals surface area contributed by atoms with Crippen molar-refractivity contribution in [3.8, 4) is 11.1 Å². The number of sulfonamides is 1. The fraction of sp³-hybridized carbons (Fsp3) is 0.143. The first kappa shape index (κ1) is 19.7. The molecule has 0 radical (unpaired) electrons. The summed E-state index contributed by atoms with van der Waals surface area (Å²) in [4.78, 5) is 28.0. The highest BCUT2D eigenvalue weighted by Crippen LogP contribution is 2.31. The molecule has 0 amide bonds. The van der Waals surface area contributed by atoms with E-state index < -0.39 is 21.1 Å². The van der Waals surface area contributed by atoms with Crippen LogP contribution < -0.4 is 15.8 Å². The molecule has 154 valence electrons. The highest BCUT2D eigenvalue weighted by atomic mass is 32.2. The van der Waals surface area contributed by atoms with Crippen LogP contribution in [0, 0.1) is 20.8 Å². The lowest BCUT2D eigenvalue weighted by Crippen LogP contribution is -2.29. The van der Waals surface area contributed by atoms with Gasteiger partial charge >= 0.3 is 11.1 Å². The average Bonchev–Trinajstić information content (AvgIpc) is 3.15. The summed E-state index contributed by atoms with van der Waals surface area (Å²) in [5.41, 5.74) is 3.49. The molecule has 0 aliphatic heterocycles. The Kier molecular flexibility index (Phi) is 4.62. The monoisotopic (exact) mass is 425 g/mol. The van der Waals surface area contributed by atoms with Gasteiger partial charge in [-0.05, 0) is 73.4 Å². The number of hydrogen-bond donors (Lipinski definition) is 3. The van der Waals surface area contributed by atoms with Crippen LogP contribution in [0.3, 0.4) is 0 Å². The fourth-order valence-electron chi connectivity index (χ4n) is 3.64. The number of nitrogens with one attached hydrogen (secondary N) is 3. The Bertz CT molecular complexity index is 1470. The molecule has 0 fully saturated rings. The van der Waals surface area contributed by atoms with Crippen molar-refractivity contribution in [3.63, 3.8) is 0 Å². The third-order valence-electron chi connectivity index (χ3n) is 4.90. The molecule has 2 aromatic heterocycles. The van der Waals surface area contributed by atoms with Gasteiger partial charge in [0.05, 0.1) is 28.5 Å². The Morgan fingerprint density at radius 3 is 2.03 bits per heavy atom. The van der Waals surface area contributed by atoms with Crippen molar-refractivity contribution in [1.29, 1.82) is 0 Å². The van der Waals surface area contributed by atoms with Crippen LogP contribution in [0.15, 0.2) is 61.8 Å². The SMILES string of the molecule is Cc1cc2[nH]c(=O)c(=O)[nH]c2cc1S(=O)(=O)Nc1cc(C)c(-c2ccoc2)c(C)c1. The summed E-state index contributed by atoms with van der Waals surface area (Å²) < 4.78 is 33.9. The molecule has 0 bridgehead atoms. The van der Waals surface area contributed by atoms with Crippen LogP contribution in [0.2, 0.25) is 0 Å². The fourth-order valence-corrected chi connectivity index (χ4v) is 4.93. The van der Waals surface area contributed by atoms with Crippen molar-refractivity contribution in [2.24, 2.45) is 0 Å². The van der Waals surface area contributed by atoms with Crippen LogP contribution in [-0.2, 0) is 10.0 Å². The molecular formula is C21H19N3O5S. The van der Waals surface area contributed by atoms with E-state index in [1.807, 2.05) is 19.9 Å². The van der Waals surface area contributed by atoms with E-state index in [2.05, 4.69) is 14.7 Å². The van der Waals surface area contributed by atoms with E-state index in [9.17, 15) is 18.0 Å². The van der Waals surface area contributed by atoms with E-state index >= 15 is 0 Å². The maximum atomic E-state index is 13.1. The third-order valence-corrected chi connectivity index (χ3v) is 6.43. The van der Waals surface area contributed by atoms with Crippen molar-refractivity contribution >= 4 is 26.7 Å². The molecule has 2 aromatic carbocycles. The summed E-state index contributed by atoms with van der Waals surface area (Å²) in [6.07, 6.45) is 3.23. The Morgan fingerprint density at radius 1 is 0.867 bits per heavy atom. The first-order valence-corrected chi connectivity index (χ1v) is 10.6. The summed E-state index contributed by atoms with van der Waals surface area (Å²) >= 11 is 0. The summed E-state index contributed by atoms with van der Waals surface area (Å²) in [7, 11) is -3.94. The van der Waals surface area contributed by atoms with Crippen molar-refractivity contribution in [2.45, 2.75) is 25.7 Å². The first-order valence-electron chi connectivity index (χ1n) is 9.09. The molecule has 0 aliphatic carbocycles. The molecule has 0 saturated carbocycles. The number of H-pyrrole nitrogens is 2. The number of aromatic nitrogens is 2. The standard InChI is InChI=1S/C21H19N3O5S/c1-11-8-16-17(23-21(26)20(25)22-16)9-18(11)30(27,28)24-15-6-12(2)19(13(3)7-15)14-4-5-29-10-14/h4-10,24H,1-3H3,(H,22,25)(H,23,26). The minimum atomic E-state index is -3.94. The van der Waals surface area contributed by atoms with Crippen LogP contribution in [0.4, 0.5) is 5.69 Å². The number of rotatable bonds is 4. The third kappa shape index (κ3) is 3.43. The molecule has 8 nitrogen and oxygen atoms in total. The second-order valence-corrected chi connectivity index (χ2v) is 8.82. The number of furan rings is 1. The number of aryl methyl sites for hydroxylation is 3. The zero-order valence-electron chi connectivity index (χ0n) is 16.5. The molecule has 0 unspecified atom stereocenters. The van der Waals surface area contributed by atoms with Gasteiger partial charge in [0.15, 0.2) is 0 Å². The Balaban J connectivity index is 1.76. The summed E-state index contributed by atoms with van der Waals surface area (Å²) in [5, 5.41) is 0. The zero-order chi connectivity index (χ0) is 21.6. The van der Waals surface area contributed by atoms with E-state index in [0.717, 1.165) is 22.3 Å². The number of benzene rings is 2. The Morgan fingerprint density at radius 2 is 1.47 bits per heavy atom. The molecule has 0 spiro atoms. The predicted octanol–water partition coefficient (Wildman–Crippen LogP) is 3.20. The highest BCUT2D eigenvalue weighted by Gasteiger charge is 2.20. The molecule has 0 aliphatic rings. The minimum absolute atomic E-state index is 0.00640. The van der Waals surface area contributed by atoms with E-state index in [-0.39, 0.29) is 10.4 Å². The number of anilines is 1. The van der Waals surface area contributed by atoms with Gasteiger partial charge in [-0.2, -0.15) is 0 Å². The predicted molar refractivity (Wildman–Crippen MR) is 114 cm³/mol. The summed E-state index contributed by atoms with van der Waals surface area (Å²) in [6, 6.07) is 8.21. The van der Waals surface area contributed by atoms with Gasteiger partial charge in [0.2, 0.25) is 0 Å². The van der Waals surface area contributed by atoms with Crippen molar-refractivity contribution in [2.75, 3.05) is 4.72 Å². The van der Waals surface area contributed by atoms with E-state index in [1.54, 1.807) is 31.6 Å². The maximum absolute atomic E-state index is 13.1. The number of fused-ring (bicyclic) bond motifs is 1. The van der Waals surface area contributed by atoms with Crippen molar-refractivity contribution in [3.05, 3.63) is 80.3 Å². The van der Waals surface area contributed by atoms with E-state index in [4.69, 9.17) is 4.42 Å². The quantitative estimate of drug-likeness (QED) is 0.433. The molecule has 9 heteroatoms. The Hall–Kier alpha value is -3.59. The van der Waals surface area contributed by atoms with Gasteiger partial charge in [0, 0.05) is 11.3 Å². The lowest BCUT2D eigenvalue weighted by atomic mass is 9.97. The van der Waals surface area contributed by atoms with Gasteiger partial charge in [-0.1, -0.05) is 0 Å². The Labute approximate surface area is 171 Å². The number of aromatic amines is 2. The van der Waals surface area contributed by atoms with Crippen molar-refractivity contribution < 1.29 is 12.8 Å². The second kappa shape index (κ2) is 7.03. The normalized spacial score (nSPS) is 11.7. The largest absolute Gasteiger partial charge is 0.472 e. The van der Waals surface area contributed by atoms with Gasteiger partial charge in [0.25, 0.3) is 10.0 Å². The molecular weight excluding hydrogens is 406 g/mol. The minimum Gasteiger partial charge on any atom is -0.472 e. The molecule has 3 N–H and O–H groups in total. The number of hydrogen-bond acceptors (Lipinski definition) is 5. The van der Waals surface area contributed by atoms with Crippen LogP contribution in [-0.4, -0.2) is 18.4 Å². The van der Waals surface area contributed by atoms with Gasteiger partial charge in [0.1, 0.15) is 0 Å². The average molecular weight is 425 g/mol. The van der Waals surface area contributed by atoms with Crippen LogP contribution >= 0.6 is 0 Å². The van der Waals surface area contributed by atoms with Crippen LogP contribution in [0.25, 0.3) is 22.2 Å². The van der Waals surface area contributed by atoms with Gasteiger partial charge < -0.3 is 14.4 Å². The molecule has 30 heavy (non-hydrogen) atoms. The van der Waals surface area contributed by atoms with Gasteiger partial charge in [-0.3, -0.25) is 14.3 Å². The maximum Gasteiger partial charge on any atom is 0.314 e. The summed E-state index contributed by atoms with van der Waals surface area (Å²) in [5.74, 6) is 0. The van der Waals surface area contributed by atoms with Gasteiger partial charge in [-0.25, -0.2) is 8.42 Å². The highest BCUT2D eigenvalue weighted by molar-refractivity contribution is 7.92. The summed E-state index contributed by atoms with van der Waals surface area (Å²) in [6.45, 7) is 5.42. The molecule has 0 saturated heterocycles.